The van der Waals surface area contributed by atoms with Crippen LogP contribution in [0.3, 0.4) is 0 Å². The highest BCUT2D eigenvalue weighted by Gasteiger charge is 2.29. The van der Waals surface area contributed by atoms with Crippen LogP contribution >= 0.6 is 7.52 Å². The zero-order valence-corrected chi connectivity index (χ0v) is 14.3. The van der Waals surface area contributed by atoms with E-state index in [4.69, 9.17) is 0 Å². The van der Waals surface area contributed by atoms with Gasteiger partial charge >= 0.3 is 5.97 Å². The van der Waals surface area contributed by atoms with Crippen molar-refractivity contribution < 1.29 is 19.4 Å². The molecule has 0 fully saturated rings. The number of carbonyl (C=O) groups is 1. The van der Waals surface area contributed by atoms with Crippen molar-refractivity contribution in [3.05, 3.63) is 83.9 Å². The van der Waals surface area contributed by atoms with Crippen LogP contribution in [0.25, 0.3) is 10.8 Å². The molecular weight excluding hydrogens is 337 g/mol. The van der Waals surface area contributed by atoms with Gasteiger partial charge in [0.1, 0.15) is 6.04 Å². The van der Waals surface area contributed by atoms with E-state index in [9.17, 15) is 19.4 Å². The number of rotatable bonds is 6. The summed E-state index contributed by atoms with van der Waals surface area (Å²) in [6, 6.07) is 20.4. The number of nitrogens with one attached hydrogen (secondary N) is 1. The Kier molecular flexibility index (Phi) is 5.00. The fourth-order valence-electron chi connectivity index (χ4n) is 2.75. The number of fused-ring (bicyclic) bond motifs is 1. The fraction of sp³-hybridized carbons (Fsp3) is 0.105. The first kappa shape index (κ1) is 17.4. The second-order valence-electron chi connectivity index (χ2n) is 5.85. The molecule has 0 saturated carbocycles. The largest absolute Gasteiger partial charge is 0.480 e. The molecule has 3 rings (SSSR count). The maximum absolute atomic E-state index is 12.6. The molecule has 3 N–H and O–H groups in total. The predicted molar refractivity (Wildman–Crippen MR) is 97.4 cm³/mol. The summed E-state index contributed by atoms with van der Waals surface area (Å²) in [6.45, 7) is 0. The van der Waals surface area contributed by atoms with Gasteiger partial charge in [0.25, 0.3) is 7.52 Å². The lowest BCUT2D eigenvalue weighted by Gasteiger charge is -2.20. The molecule has 5 nitrogen and oxygen atoms in total. The normalized spacial score (nSPS) is 14.8. The Morgan fingerprint density at radius 1 is 0.960 bits per heavy atom. The highest BCUT2D eigenvalue weighted by molar-refractivity contribution is 7.55. The van der Waals surface area contributed by atoms with Gasteiger partial charge in [-0.2, -0.15) is 0 Å². The second-order valence-corrected chi connectivity index (χ2v) is 7.83. The summed E-state index contributed by atoms with van der Waals surface area (Å²) in [5.74, 6) is -1.20. The summed E-state index contributed by atoms with van der Waals surface area (Å²) in [7, 11) is -3.90. The van der Waals surface area contributed by atoms with Crippen molar-refractivity contribution in [2.45, 2.75) is 12.2 Å². The zero-order valence-electron chi connectivity index (χ0n) is 13.4. The van der Waals surface area contributed by atoms with Gasteiger partial charge in [-0.1, -0.05) is 72.8 Å². The van der Waals surface area contributed by atoms with Crippen LogP contribution in [-0.4, -0.2) is 16.0 Å². The van der Waals surface area contributed by atoms with E-state index in [1.54, 1.807) is 36.4 Å². The van der Waals surface area contributed by atoms with Crippen LogP contribution in [0, 0.1) is 0 Å². The fourth-order valence-corrected chi connectivity index (χ4v) is 4.20. The quantitative estimate of drug-likeness (QED) is 0.583. The van der Waals surface area contributed by atoms with E-state index in [2.05, 4.69) is 5.09 Å². The minimum absolute atomic E-state index is 0.144. The molecule has 0 aliphatic rings. The lowest BCUT2D eigenvalue weighted by atomic mass is 10.1. The van der Waals surface area contributed by atoms with E-state index in [1.165, 1.54) is 0 Å². The lowest BCUT2D eigenvalue weighted by molar-refractivity contribution is -0.139. The average Bonchev–Trinajstić information content (AvgIpc) is 2.60. The van der Waals surface area contributed by atoms with Crippen molar-refractivity contribution in [1.82, 2.24) is 5.09 Å². The highest BCUT2D eigenvalue weighted by Crippen LogP contribution is 2.43. The summed E-state index contributed by atoms with van der Waals surface area (Å²) in [5.41, 5.74) is 1.11. The van der Waals surface area contributed by atoms with E-state index in [1.807, 2.05) is 36.4 Å². The molecule has 3 aromatic rings. The zero-order chi connectivity index (χ0) is 17.9. The van der Waals surface area contributed by atoms with E-state index in [-0.39, 0.29) is 6.16 Å². The molecule has 0 aliphatic heterocycles. The molecule has 0 aliphatic carbocycles. The van der Waals surface area contributed by atoms with Gasteiger partial charge in [-0.3, -0.25) is 9.36 Å². The predicted octanol–water partition coefficient (Wildman–Crippen LogP) is 3.94. The first-order valence-corrected chi connectivity index (χ1v) is 9.64. The second kappa shape index (κ2) is 7.19. The molecule has 0 heterocycles. The molecule has 2 atom stereocenters. The summed E-state index contributed by atoms with van der Waals surface area (Å²) in [4.78, 5) is 21.8. The van der Waals surface area contributed by atoms with Crippen molar-refractivity contribution in [2.24, 2.45) is 0 Å². The van der Waals surface area contributed by atoms with E-state index >= 15 is 0 Å². The summed E-state index contributed by atoms with van der Waals surface area (Å²) in [5, 5.41) is 13.8. The Bertz CT molecular complexity index is 942. The standard InChI is InChI=1S/C19H18NO4P/c21-19(22)18(16-7-2-1-3-8-16)20-25(23,24)13-14-10-11-15-6-4-5-9-17(15)12-14/h1-12,18H,13H2,(H,21,22)(H2,20,23,24). The van der Waals surface area contributed by atoms with E-state index < -0.39 is 19.5 Å². The van der Waals surface area contributed by atoms with Gasteiger partial charge in [-0.15, -0.1) is 0 Å². The van der Waals surface area contributed by atoms with Crippen LogP contribution in [0.15, 0.2) is 72.8 Å². The van der Waals surface area contributed by atoms with Crippen molar-refractivity contribution in [3.63, 3.8) is 0 Å². The monoisotopic (exact) mass is 355 g/mol. The Morgan fingerprint density at radius 2 is 1.60 bits per heavy atom. The number of hydrogen-bond donors (Lipinski definition) is 3. The molecule has 6 heteroatoms. The maximum atomic E-state index is 12.6. The molecule has 0 saturated heterocycles. The molecule has 25 heavy (non-hydrogen) atoms. The van der Waals surface area contributed by atoms with Gasteiger partial charge in [-0.05, 0) is 21.9 Å². The van der Waals surface area contributed by atoms with E-state index in [0.717, 1.165) is 10.8 Å². The van der Waals surface area contributed by atoms with Crippen molar-refractivity contribution >= 4 is 24.3 Å². The van der Waals surface area contributed by atoms with E-state index in [0.29, 0.717) is 11.1 Å². The molecule has 0 aromatic heterocycles. The molecule has 128 valence electrons. The van der Waals surface area contributed by atoms with Crippen LogP contribution in [0.1, 0.15) is 17.2 Å². The smallest absolute Gasteiger partial charge is 0.325 e. The molecule has 2 unspecified atom stereocenters. The molecule has 0 amide bonds. The summed E-state index contributed by atoms with van der Waals surface area (Å²) in [6.07, 6.45) is -0.144. The number of benzene rings is 3. The van der Waals surface area contributed by atoms with Gasteiger partial charge in [-0.25, -0.2) is 5.09 Å². The minimum atomic E-state index is -3.90. The topological polar surface area (TPSA) is 86.6 Å². The Morgan fingerprint density at radius 3 is 2.28 bits per heavy atom. The third-order valence-electron chi connectivity index (χ3n) is 3.92. The molecule has 0 radical (unpaired) electrons. The van der Waals surface area contributed by atoms with Crippen LogP contribution in [0.5, 0.6) is 0 Å². The van der Waals surface area contributed by atoms with Crippen LogP contribution in [0.4, 0.5) is 0 Å². The van der Waals surface area contributed by atoms with Gasteiger partial charge in [0.2, 0.25) is 0 Å². The van der Waals surface area contributed by atoms with Crippen LogP contribution < -0.4 is 5.09 Å². The van der Waals surface area contributed by atoms with Gasteiger partial charge in [0, 0.05) is 0 Å². The van der Waals surface area contributed by atoms with Crippen molar-refractivity contribution in [3.8, 4) is 0 Å². The number of carboxylic acids is 1. The number of carboxylic acid groups (broad SMARTS) is 1. The first-order valence-electron chi connectivity index (χ1n) is 7.80. The van der Waals surface area contributed by atoms with Crippen molar-refractivity contribution in [2.75, 3.05) is 0 Å². The molecule has 3 aromatic carbocycles. The Balaban J connectivity index is 1.82. The first-order chi connectivity index (χ1) is 11.9. The van der Waals surface area contributed by atoms with Gasteiger partial charge in [0.15, 0.2) is 0 Å². The minimum Gasteiger partial charge on any atom is -0.480 e. The van der Waals surface area contributed by atoms with Crippen LogP contribution in [0.2, 0.25) is 0 Å². The van der Waals surface area contributed by atoms with Crippen molar-refractivity contribution in [1.29, 1.82) is 0 Å². The summed E-state index contributed by atoms with van der Waals surface area (Å²) >= 11 is 0. The molecule has 0 spiro atoms. The molecular formula is C19H18NO4P. The third-order valence-corrected chi connectivity index (χ3v) is 5.38. The number of aliphatic carboxylic acids is 1. The third kappa shape index (κ3) is 4.34. The average molecular weight is 355 g/mol. The SMILES string of the molecule is O=C(O)C(NP(=O)(O)Cc1ccc2ccccc2c1)c1ccccc1. The summed E-state index contributed by atoms with van der Waals surface area (Å²) < 4.78 is 12.6. The van der Waals surface area contributed by atoms with Gasteiger partial charge in [0.05, 0.1) is 6.16 Å². The Hall–Kier alpha value is -2.46. The molecule has 0 bridgehead atoms. The lowest BCUT2D eigenvalue weighted by Crippen LogP contribution is -2.26. The number of hydrogen-bond acceptors (Lipinski definition) is 2. The highest BCUT2D eigenvalue weighted by atomic mass is 31.2. The maximum Gasteiger partial charge on any atom is 0.325 e. The van der Waals surface area contributed by atoms with Crippen LogP contribution in [-0.2, 0) is 15.5 Å². The van der Waals surface area contributed by atoms with Gasteiger partial charge < -0.3 is 10.00 Å². The Labute approximate surface area is 145 Å².